The van der Waals surface area contributed by atoms with Crippen LogP contribution in [0.25, 0.3) is 115 Å². The molecule has 3 heterocycles. The maximum atomic E-state index is 4.33. The maximum Gasteiger partial charge on any atom is 0.0640 e. The normalized spacial score (nSPS) is 11.9. The van der Waals surface area contributed by atoms with Gasteiger partial charge in [0.05, 0.1) is 22.2 Å². The van der Waals surface area contributed by atoms with Gasteiger partial charge in [0.15, 0.2) is 0 Å². The lowest BCUT2D eigenvalue weighted by molar-refractivity contribution is 1.11. The Hall–Kier alpha value is -8.24. The van der Waals surface area contributed by atoms with E-state index < -0.39 is 0 Å². The molecule has 0 radical (unpaired) electrons. The van der Waals surface area contributed by atoms with Crippen molar-refractivity contribution in [1.29, 1.82) is 0 Å². The van der Waals surface area contributed by atoms with E-state index in [1.54, 1.807) is 0 Å². The van der Waals surface area contributed by atoms with Gasteiger partial charge in [0.25, 0.3) is 0 Å². The standard InChI is InChI=1S/C53H36N2S.C11H12/c1-3-14-41-45-32-38(26-30-48(45)54(46(41)4-2)40-29-25-35-17-8-9-18-37(35)31-40)44-33-50-52(43-20-11-13-22-49(43)56-50)53-51(44)42-19-10-12-21-47(42)55(53)39-27-23-36(24-28-39)34-15-6-5-7-16-34;1-3-7-10(2)11-8-5-4-6-9-11/h3-33H,2H2,1H3;3-9H,1H2,2H3/b14-3-;10-7+. The molecule has 0 aliphatic carbocycles. The van der Waals surface area contributed by atoms with Crippen LogP contribution in [0, 0.1) is 0 Å². The molecular formula is C64H48N2S. The molecule has 0 saturated heterocycles. The monoisotopic (exact) mass is 876 g/mol. The van der Waals surface area contributed by atoms with E-state index >= 15 is 0 Å². The van der Waals surface area contributed by atoms with Gasteiger partial charge in [0.1, 0.15) is 0 Å². The van der Waals surface area contributed by atoms with Crippen molar-refractivity contribution in [2.45, 2.75) is 13.8 Å². The van der Waals surface area contributed by atoms with Gasteiger partial charge in [-0.05, 0) is 119 Å². The van der Waals surface area contributed by atoms with Crippen LogP contribution < -0.4 is 0 Å². The van der Waals surface area contributed by atoms with Crippen LogP contribution in [0.4, 0.5) is 0 Å². The van der Waals surface area contributed by atoms with Crippen LogP contribution >= 0.6 is 11.3 Å². The van der Waals surface area contributed by atoms with Gasteiger partial charge in [-0.1, -0.05) is 183 Å². The quantitative estimate of drug-likeness (QED) is 0.135. The summed E-state index contributed by atoms with van der Waals surface area (Å²) < 4.78 is 7.45. The van der Waals surface area contributed by atoms with E-state index in [-0.39, 0.29) is 0 Å². The van der Waals surface area contributed by atoms with Crippen molar-refractivity contribution in [1.82, 2.24) is 9.13 Å². The van der Waals surface area contributed by atoms with Crippen molar-refractivity contribution >= 4 is 92.7 Å². The van der Waals surface area contributed by atoms with Gasteiger partial charge in [0, 0.05) is 53.3 Å². The third-order valence-corrected chi connectivity index (χ3v) is 14.1. The summed E-state index contributed by atoms with van der Waals surface area (Å²) in [6.07, 6.45) is 10.2. The molecule has 0 saturated carbocycles. The fourth-order valence-corrected chi connectivity index (χ4v) is 11.1. The number of benzene rings is 9. The lowest BCUT2D eigenvalue weighted by atomic mass is 9.95. The van der Waals surface area contributed by atoms with Gasteiger partial charge in [-0.25, -0.2) is 0 Å². The summed E-state index contributed by atoms with van der Waals surface area (Å²) in [5.41, 5.74) is 15.5. The minimum Gasteiger partial charge on any atom is -0.309 e. The molecule has 67 heavy (non-hydrogen) atoms. The highest BCUT2D eigenvalue weighted by Crippen LogP contribution is 2.48. The van der Waals surface area contributed by atoms with Gasteiger partial charge in [-0.15, -0.1) is 11.3 Å². The molecule has 0 bridgehead atoms. The lowest BCUT2D eigenvalue weighted by Crippen LogP contribution is -1.97. The van der Waals surface area contributed by atoms with Gasteiger partial charge in [0.2, 0.25) is 0 Å². The summed E-state index contributed by atoms with van der Waals surface area (Å²) in [4.78, 5) is 0. The molecular weight excluding hydrogens is 829 g/mol. The van der Waals surface area contributed by atoms with E-state index in [9.17, 15) is 0 Å². The number of hydrogen-bond donors (Lipinski definition) is 0. The van der Waals surface area contributed by atoms with Crippen LogP contribution in [0.1, 0.15) is 30.7 Å². The molecule has 320 valence electrons. The van der Waals surface area contributed by atoms with E-state index in [1.165, 1.54) is 97.1 Å². The zero-order valence-electron chi connectivity index (χ0n) is 37.7. The number of para-hydroxylation sites is 1. The summed E-state index contributed by atoms with van der Waals surface area (Å²) in [6.45, 7) is 12.1. The van der Waals surface area contributed by atoms with Crippen LogP contribution in [0.5, 0.6) is 0 Å². The maximum absolute atomic E-state index is 4.33. The molecule has 3 heteroatoms. The van der Waals surface area contributed by atoms with Gasteiger partial charge in [-0.2, -0.15) is 0 Å². The minimum absolute atomic E-state index is 1.09. The molecule has 0 aliphatic heterocycles. The zero-order valence-corrected chi connectivity index (χ0v) is 38.5. The van der Waals surface area contributed by atoms with E-state index in [0.717, 1.165) is 22.6 Å². The Morgan fingerprint density at radius 1 is 0.507 bits per heavy atom. The average Bonchev–Trinajstić information content (AvgIpc) is 4.04. The molecule has 0 N–H and O–H groups in total. The predicted molar refractivity (Wildman–Crippen MR) is 294 cm³/mol. The fraction of sp³-hybridized carbons (Fsp3) is 0.0312. The Bertz CT molecular complexity index is 3890. The van der Waals surface area contributed by atoms with Crippen LogP contribution in [0.2, 0.25) is 0 Å². The second-order valence-corrected chi connectivity index (χ2v) is 18.0. The highest BCUT2D eigenvalue weighted by atomic mass is 32.1. The fourth-order valence-electron chi connectivity index (χ4n) is 9.91. The summed E-state index contributed by atoms with van der Waals surface area (Å²) in [5.74, 6) is 0. The van der Waals surface area contributed by atoms with Crippen LogP contribution in [0.15, 0.2) is 232 Å². The van der Waals surface area contributed by atoms with Crippen LogP contribution in [-0.2, 0) is 0 Å². The second kappa shape index (κ2) is 17.6. The molecule has 3 aromatic heterocycles. The smallest absolute Gasteiger partial charge is 0.0640 e. The number of fused-ring (bicyclic) bond motifs is 9. The van der Waals surface area contributed by atoms with Crippen LogP contribution in [0.3, 0.4) is 0 Å². The number of aromatic nitrogens is 2. The number of nitrogens with zero attached hydrogens (tertiary/aromatic N) is 2. The van der Waals surface area contributed by atoms with Gasteiger partial charge < -0.3 is 9.13 Å². The molecule has 0 aliphatic rings. The molecule has 0 spiro atoms. The Morgan fingerprint density at radius 2 is 1.15 bits per heavy atom. The van der Waals surface area contributed by atoms with Crippen molar-refractivity contribution in [2.24, 2.45) is 0 Å². The Balaban J connectivity index is 0.000000398. The minimum atomic E-state index is 1.09. The third-order valence-electron chi connectivity index (χ3n) is 13.0. The topological polar surface area (TPSA) is 9.86 Å². The Kier molecular flexibility index (Phi) is 10.9. The highest BCUT2D eigenvalue weighted by molar-refractivity contribution is 7.26. The van der Waals surface area contributed by atoms with E-state index in [4.69, 9.17) is 0 Å². The first-order valence-electron chi connectivity index (χ1n) is 22.9. The zero-order chi connectivity index (χ0) is 45.4. The van der Waals surface area contributed by atoms with E-state index in [2.05, 4.69) is 230 Å². The number of hydrogen-bond acceptors (Lipinski definition) is 1. The molecule has 0 unspecified atom stereocenters. The molecule has 9 aromatic carbocycles. The van der Waals surface area contributed by atoms with Crippen molar-refractivity contribution in [3.8, 4) is 33.6 Å². The summed E-state index contributed by atoms with van der Waals surface area (Å²) >= 11 is 1.88. The first-order chi connectivity index (χ1) is 33.0. The molecule has 0 atom stereocenters. The summed E-state index contributed by atoms with van der Waals surface area (Å²) in [6, 6.07) is 72.5. The highest BCUT2D eigenvalue weighted by Gasteiger charge is 2.23. The number of rotatable bonds is 8. The lowest BCUT2D eigenvalue weighted by Gasteiger charge is -2.13. The summed E-state index contributed by atoms with van der Waals surface area (Å²) in [5, 5.41) is 8.77. The second-order valence-electron chi connectivity index (χ2n) is 16.9. The largest absolute Gasteiger partial charge is 0.309 e. The average molecular weight is 877 g/mol. The number of allylic oxidation sites excluding steroid dienone is 4. The predicted octanol–water partition coefficient (Wildman–Crippen LogP) is 18.5. The molecule has 12 aromatic rings. The van der Waals surface area contributed by atoms with Gasteiger partial charge in [-0.3, -0.25) is 0 Å². The SMILES string of the molecule is C=C/C=C(\C)c1ccccc1.C=Cc1c(/C=C\C)c2cc(-c3cc4sc5ccccc5c4c4c3c3ccccc3n4-c3ccc(-c4ccccc4)cc3)ccc2n1-c1ccc2ccccc2c1. The van der Waals surface area contributed by atoms with Crippen molar-refractivity contribution < 1.29 is 0 Å². The number of thiophene rings is 1. The first kappa shape index (κ1) is 41.5. The van der Waals surface area contributed by atoms with Gasteiger partial charge >= 0.3 is 0 Å². The Labute approximate surface area is 395 Å². The first-order valence-corrected chi connectivity index (χ1v) is 23.7. The summed E-state index contributed by atoms with van der Waals surface area (Å²) in [7, 11) is 0. The van der Waals surface area contributed by atoms with Crippen molar-refractivity contribution in [3.05, 3.63) is 248 Å². The molecule has 2 nitrogen and oxygen atoms in total. The van der Waals surface area contributed by atoms with Crippen LogP contribution in [-0.4, -0.2) is 9.13 Å². The van der Waals surface area contributed by atoms with E-state index in [1.807, 2.05) is 47.8 Å². The van der Waals surface area contributed by atoms with Crippen molar-refractivity contribution in [3.63, 3.8) is 0 Å². The Morgan fingerprint density at radius 3 is 1.91 bits per heavy atom. The van der Waals surface area contributed by atoms with E-state index in [0.29, 0.717) is 0 Å². The molecule has 0 fully saturated rings. The van der Waals surface area contributed by atoms with Crippen molar-refractivity contribution in [2.75, 3.05) is 0 Å². The third kappa shape index (κ3) is 7.31. The molecule has 12 rings (SSSR count). The molecule has 0 amide bonds.